The van der Waals surface area contributed by atoms with Crippen LogP contribution in [0.5, 0.6) is 0 Å². The molecule has 5 nitrogen and oxygen atoms in total. The van der Waals surface area contributed by atoms with Crippen LogP contribution >= 0.6 is 22.7 Å². The van der Waals surface area contributed by atoms with Crippen LogP contribution in [0, 0.1) is 0 Å². The molecule has 2 amide bonds. The molecule has 1 atom stereocenters. The zero-order chi connectivity index (χ0) is 18.4. The van der Waals surface area contributed by atoms with Crippen molar-refractivity contribution in [3.05, 3.63) is 51.7 Å². The van der Waals surface area contributed by atoms with E-state index in [1.54, 1.807) is 22.7 Å². The van der Waals surface area contributed by atoms with Crippen LogP contribution in [-0.2, 0) is 16.0 Å². The predicted octanol–water partition coefficient (Wildman–Crippen LogP) is 3.67. The minimum Gasteiger partial charge on any atom is -0.356 e. The van der Waals surface area contributed by atoms with Crippen molar-refractivity contribution in [2.75, 3.05) is 6.54 Å². The molecule has 0 radical (unpaired) electrons. The summed E-state index contributed by atoms with van der Waals surface area (Å²) in [5.41, 5.74) is 1.03. The number of carbonyl (C=O) groups is 2. The Morgan fingerprint density at radius 1 is 1.19 bits per heavy atom. The Labute approximate surface area is 160 Å². The smallest absolute Gasteiger partial charge is 0.222 e. The Morgan fingerprint density at radius 2 is 2.04 bits per heavy atom. The average molecular weight is 388 g/mol. The van der Waals surface area contributed by atoms with Gasteiger partial charge < -0.3 is 10.6 Å². The standard InChI is InChI=1S/C19H21N3O2S2/c1-13(23)21-15(16-8-5-11-25-16)12-18(24)20-10-4-9-19-22-14-6-2-3-7-17(14)26-19/h2-3,5-8,11,15H,4,9-10,12H2,1H3,(H,20,24)(H,21,23). The molecule has 0 saturated carbocycles. The SMILES string of the molecule is CC(=O)NC(CC(=O)NCCCc1nc2ccccc2s1)c1cccs1. The molecule has 0 aliphatic rings. The zero-order valence-electron chi connectivity index (χ0n) is 14.5. The largest absolute Gasteiger partial charge is 0.356 e. The normalized spacial score (nSPS) is 12.0. The van der Waals surface area contributed by atoms with Gasteiger partial charge in [0.1, 0.15) is 0 Å². The monoisotopic (exact) mass is 387 g/mol. The van der Waals surface area contributed by atoms with E-state index in [4.69, 9.17) is 0 Å². The van der Waals surface area contributed by atoms with Gasteiger partial charge in [0, 0.05) is 24.8 Å². The number of aromatic nitrogens is 1. The summed E-state index contributed by atoms with van der Waals surface area (Å²) in [5.74, 6) is -0.187. The highest BCUT2D eigenvalue weighted by Crippen LogP contribution is 2.23. The number of para-hydroxylation sites is 1. The van der Waals surface area contributed by atoms with Crippen LogP contribution < -0.4 is 10.6 Å². The van der Waals surface area contributed by atoms with Crippen molar-refractivity contribution in [2.45, 2.75) is 32.2 Å². The Balaban J connectivity index is 1.45. The van der Waals surface area contributed by atoms with E-state index in [9.17, 15) is 9.59 Å². The molecule has 0 aliphatic heterocycles. The second-order valence-electron chi connectivity index (χ2n) is 6.00. The molecular formula is C19H21N3O2S2. The Morgan fingerprint density at radius 3 is 2.77 bits per heavy atom. The quantitative estimate of drug-likeness (QED) is 0.579. The number of amides is 2. The minimum atomic E-state index is -0.267. The number of rotatable bonds is 8. The summed E-state index contributed by atoms with van der Waals surface area (Å²) in [7, 11) is 0. The van der Waals surface area contributed by atoms with Crippen LogP contribution in [0.1, 0.15) is 35.7 Å². The van der Waals surface area contributed by atoms with Crippen molar-refractivity contribution < 1.29 is 9.59 Å². The van der Waals surface area contributed by atoms with E-state index in [-0.39, 0.29) is 24.3 Å². The van der Waals surface area contributed by atoms with E-state index >= 15 is 0 Å². The van der Waals surface area contributed by atoms with Gasteiger partial charge in [-0.2, -0.15) is 0 Å². The first-order chi connectivity index (χ1) is 12.6. The van der Waals surface area contributed by atoms with E-state index in [0.29, 0.717) is 6.54 Å². The number of fused-ring (bicyclic) bond motifs is 1. The molecule has 0 spiro atoms. The Kier molecular flexibility index (Phi) is 6.35. The third kappa shape index (κ3) is 5.12. The number of aryl methyl sites for hydroxylation is 1. The molecule has 3 aromatic rings. The molecule has 0 saturated heterocycles. The summed E-state index contributed by atoms with van der Waals surface area (Å²) >= 11 is 3.24. The van der Waals surface area contributed by atoms with Crippen molar-refractivity contribution in [2.24, 2.45) is 0 Å². The maximum Gasteiger partial charge on any atom is 0.222 e. The summed E-state index contributed by atoms with van der Waals surface area (Å²) in [6, 6.07) is 11.7. The highest BCUT2D eigenvalue weighted by molar-refractivity contribution is 7.18. The van der Waals surface area contributed by atoms with Crippen molar-refractivity contribution in [1.29, 1.82) is 0 Å². The number of carbonyl (C=O) groups excluding carboxylic acids is 2. The van der Waals surface area contributed by atoms with E-state index in [1.165, 1.54) is 11.6 Å². The average Bonchev–Trinajstić information content (AvgIpc) is 3.26. The lowest BCUT2D eigenvalue weighted by Crippen LogP contribution is -2.32. The zero-order valence-corrected chi connectivity index (χ0v) is 16.2. The van der Waals surface area contributed by atoms with Gasteiger partial charge in [-0.15, -0.1) is 22.7 Å². The predicted molar refractivity (Wildman–Crippen MR) is 106 cm³/mol. The van der Waals surface area contributed by atoms with E-state index in [0.717, 1.165) is 28.2 Å². The first kappa shape index (κ1) is 18.5. The van der Waals surface area contributed by atoms with Crippen LogP contribution in [0.3, 0.4) is 0 Å². The Bertz CT molecular complexity index is 841. The number of hydrogen-bond donors (Lipinski definition) is 2. The summed E-state index contributed by atoms with van der Waals surface area (Å²) in [6.07, 6.45) is 1.94. The lowest BCUT2D eigenvalue weighted by molar-refractivity contribution is -0.122. The molecule has 1 unspecified atom stereocenters. The fourth-order valence-corrected chi connectivity index (χ4v) is 4.50. The van der Waals surface area contributed by atoms with Gasteiger partial charge in [0.05, 0.1) is 27.7 Å². The van der Waals surface area contributed by atoms with Gasteiger partial charge in [-0.3, -0.25) is 9.59 Å². The van der Waals surface area contributed by atoms with Gasteiger partial charge in [0.25, 0.3) is 0 Å². The van der Waals surface area contributed by atoms with E-state index in [1.807, 2.05) is 35.7 Å². The highest BCUT2D eigenvalue weighted by Gasteiger charge is 2.17. The molecule has 2 aromatic heterocycles. The van der Waals surface area contributed by atoms with Crippen LogP contribution in [0.15, 0.2) is 41.8 Å². The molecule has 136 valence electrons. The lowest BCUT2D eigenvalue weighted by atomic mass is 10.1. The summed E-state index contributed by atoms with van der Waals surface area (Å²) in [6.45, 7) is 2.07. The number of benzene rings is 1. The number of nitrogens with zero attached hydrogens (tertiary/aromatic N) is 1. The topological polar surface area (TPSA) is 71.1 Å². The molecular weight excluding hydrogens is 366 g/mol. The molecule has 1 aromatic carbocycles. The highest BCUT2D eigenvalue weighted by atomic mass is 32.1. The van der Waals surface area contributed by atoms with Gasteiger partial charge >= 0.3 is 0 Å². The lowest BCUT2D eigenvalue weighted by Gasteiger charge is -2.16. The Hall–Kier alpha value is -2.25. The fourth-order valence-electron chi connectivity index (χ4n) is 2.71. The van der Waals surface area contributed by atoms with Crippen molar-refractivity contribution in [3.63, 3.8) is 0 Å². The van der Waals surface area contributed by atoms with Crippen molar-refractivity contribution in [3.8, 4) is 0 Å². The number of thiophene rings is 1. The van der Waals surface area contributed by atoms with Crippen molar-refractivity contribution >= 4 is 44.7 Å². The number of nitrogens with one attached hydrogen (secondary N) is 2. The van der Waals surface area contributed by atoms with E-state index < -0.39 is 0 Å². The van der Waals surface area contributed by atoms with Gasteiger partial charge in [-0.25, -0.2) is 4.98 Å². The minimum absolute atomic E-state index is 0.0542. The van der Waals surface area contributed by atoms with Crippen LogP contribution in [0.2, 0.25) is 0 Å². The molecule has 2 heterocycles. The summed E-state index contributed by atoms with van der Waals surface area (Å²) < 4.78 is 1.20. The molecule has 3 rings (SSSR count). The third-order valence-corrected chi connectivity index (χ3v) is 5.96. The van der Waals surface area contributed by atoms with Gasteiger partial charge in [-0.05, 0) is 30.0 Å². The van der Waals surface area contributed by atoms with Crippen LogP contribution in [-0.4, -0.2) is 23.3 Å². The first-order valence-electron chi connectivity index (χ1n) is 8.53. The molecule has 0 aliphatic carbocycles. The fraction of sp³-hybridized carbons (Fsp3) is 0.316. The number of hydrogen-bond acceptors (Lipinski definition) is 5. The van der Waals surface area contributed by atoms with Gasteiger partial charge in [0.2, 0.25) is 11.8 Å². The molecule has 2 N–H and O–H groups in total. The summed E-state index contributed by atoms with van der Waals surface area (Å²) in [4.78, 5) is 29.2. The van der Waals surface area contributed by atoms with E-state index in [2.05, 4.69) is 21.7 Å². The van der Waals surface area contributed by atoms with Crippen molar-refractivity contribution in [1.82, 2.24) is 15.6 Å². The first-order valence-corrected chi connectivity index (χ1v) is 10.2. The van der Waals surface area contributed by atoms with Gasteiger partial charge in [-0.1, -0.05) is 18.2 Å². The maximum atomic E-state index is 12.2. The summed E-state index contributed by atoms with van der Waals surface area (Å²) in [5, 5.41) is 8.83. The molecule has 26 heavy (non-hydrogen) atoms. The number of thiazole rings is 1. The second-order valence-corrected chi connectivity index (χ2v) is 8.10. The molecule has 0 fully saturated rings. The van der Waals surface area contributed by atoms with Crippen LogP contribution in [0.4, 0.5) is 0 Å². The molecule has 0 bridgehead atoms. The maximum absolute atomic E-state index is 12.2. The van der Waals surface area contributed by atoms with Crippen LogP contribution in [0.25, 0.3) is 10.2 Å². The third-order valence-electron chi connectivity index (χ3n) is 3.88. The van der Waals surface area contributed by atoms with Gasteiger partial charge in [0.15, 0.2) is 0 Å². The second kappa shape index (κ2) is 8.91. The molecule has 7 heteroatoms.